The highest BCUT2D eigenvalue weighted by molar-refractivity contribution is 5.94. The summed E-state index contributed by atoms with van der Waals surface area (Å²) in [5.74, 6) is 1.81. The molecule has 1 aromatic heterocycles. The van der Waals surface area contributed by atoms with Gasteiger partial charge in [0, 0.05) is 25.2 Å². The number of amides is 1. The van der Waals surface area contributed by atoms with E-state index in [0.717, 1.165) is 42.0 Å². The Morgan fingerprint density at radius 3 is 2.39 bits per heavy atom. The van der Waals surface area contributed by atoms with Crippen molar-refractivity contribution in [3.63, 3.8) is 0 Å². The van der Waals surface area contributed by atoms with Crippen molar-refractivity contribution in [1.29, 1.82) is 0 Å². The van der Waals surface area contributed by atoms with E-state index < -0.39 is 0 Å². The molecule has 4 aromatic rings. The molecule has 5 rings (SSSR count). The maximum absolute atomic E-state index is 13.2. The number of rotatable bonds is 6. The van der Waals surface area contributed by atoms with Crippen LogP contribution in [0, 0.1) is 11.7 Å². The van der Waals surface area contributed by atoms with Crippen LogP contribution in [0.2, 0.25) is 0 Å². The molecule has 0 atom stereocenters. The molecule has 1 aliphatic heterocycles. The molecule has 0 spiro atoms. The minimum atomic E-state index is -0.329. The van der Waals surface area contributed by atoms with Crippen LogP contribution in [-0.2, 0) is 13.2 Å². The van der Waals surface area contributed by atoms with E-state index in [4.69, 9.17) is 9.72 Å². The number of carbonyl (C=O) groups is 1. The minimum absolute atomic E-state index is 0.0292. The van der Waals surface area contributed by atoms with Crippen molar-refractivity contribution in [3.8, 4) is 5.75 Å². The molecule has 1 amide bonds. The zero-order valence-electron chi connectivity index (χ0n) is 18.4. The van der Waals surface area contributed by atoms with Gasteiger partial charge >= 0.3 is 0 Å². The number of likely N-dealkylation sites (tertiary alicyclic amines) is 1. The van der Waals surface area contributed by atoms with Gasteiger partial charge in [-0.25, -0.2) is 9.37 Å². The SMILES string of the molecule is O=C(c1ccc(F)cc1)N1CCC(Cn2c(COc3ccccc3)nc3ccccc32)CC1. The van der Waals surface area contributed by atoms with E-state index in [1.54, 1.807) is 12.1 Å². The monoisotopic (exact) mass is 443 g/mol. The highest BCUT2D eigenvalue weighted by Gasteiger charge is 2.25. The Kier molecular flexibility index (Phi) is 6.07. The molecular weight excluding hydrogens is 417 g/mol. The third-order valence-electron chi connectivity index (χ3n) is 6.28. The molecule has 0 bridgehead atoms. The topological polar surface area (TPSA) is 47.4 Å². The van der Waals surface area contributed by atoms with E-state index in [0.29, 0.717) is 31.2 Å². The number of carbonyl (C=O) groups excluding carboxylic acids is 1. The van der Waals surface area contributed by atoms with Crippen molar-refractivity contribution in [2.45, 2.75) is 26.0 Å². The van der Waals surface area contributed by atoms with Crippen molar-refractivity contribution in [1.82, 2.24) is 14.5 Å². The molecular formula is C27H26FN3O2. The second-order valence-electron chi connectivity index (χ2n) is 8.47. The van der Waals surface area contributed by atoms with Gasteiger partial charge in [0.15, 0.2) is 0 Å². The third kappa shape index (κ3) is 4.75. The molecule has 0 N–H and O–H groups in total. The number of hydrogen-bond acceptors (Lipinski definition) is 3. The average Bonchev–Trinajstić information content (AvgIpc) is 3.21. The van der Waals surface area contributed by atoms with Crippen LogP contribution >= 0.6 is 0 Å². The molecule has 0 radical (unpaired) electrons. The molecule has 0 aliphatic carbocycles. The molecule has 1 aliphatic rings. The Morgan fingerprint density at radius 1 is 0.939 bits per heavy atom. The van der Waals surface area contributed by atoms with Crippen molar-refractivity contribution in [3.05, 3.63) is 96.1 Å². The summed E-state index contributed by atoms with van der Waals surface area (Å²) in [5, 5.41) is 0. The first-order chi connectivity index (χ1) is 16.2. The summed E-state index contributed by atoms with van der Waals surface area (Å²) in [5.41, 5.74) is 2.61. The lowest BCUT2D eigenvalue weighted by Crippen LogP contribution is -2.39. The van der Waals surface area contributed by atoms with Crippen LogP contribution in [0.3, 0.4) is 0 Å². The molecule has 1 saturated heterocycles. The zero-order valence-corrected chi connectivity index (χ0v) is 18.4. The highest BCUT2D eigenvalue weighted by atomic mass is 19.1. The van der Waals surface area contributed by atoms with E-state index >= 15 is 0 Å². The third-order valence-corrected chi connectivity index (χ3v) is 6.28. The van der Waals surface area contributed by atoms with E-state index in [9.17, 15) is 9.18 Å². The summed E-state index contributed by atoms with van der Waals surface area (Å²) in [6.07, 6.45) is 1.83. The maximum Gasteiger partial charge on any atom is 0.253 e. The number of fused-ring (bicyclic) bond motifs is 1. The molecule has 5 nitrogen and oxygen atoms in total. The predicted molar refractivity (Wildman–Crippen MR) is 126 cm³/mol. The van der Waals surface area contributed by atoms with Crippen molar-refractivity contribution >= 4 is 16.9 Å². The van der Waals surface area contributed by atoms with Crippen LogP contribution in [0.25, 0.3) is 11.0 Å². The molecule has 0 saturated carbocycles. The van der Waals surface area contributed by atoms with Gasteiger partial charge in [-0.15, -0.1) is 0 Å². The molecule has 3 aromatic carbocycles. The van der Waals surface area contributed by atoms with Gasteiger partial charge in [-0.3, -0.25) is 4.79 Å². The fourth-order valence-electron chi connectivity index (χ4n) is 4.46. The quantitative estimate of drug-likeness (QED) is 0.406. The standard InChI is InChI=1S/C27H26FN3O2/c28-22-12-10-21(11-13-22)27(32)30-16-14-20(15-17-30)18-31-25-9-5-4-8-24(25)29-26(31)19-33-23-6-2-1-3-7-23/h1-13,20H,14-19H2. The fraction of sp³-hybridized carbons (Fsp3) is 0.259. The Hall–Kier alpha value is -3.67. The molecule has 33 heavy (non-hydrogen) atoms. The van der Waals surface area contributed by atoms with Crippen molar-refractivity contribution < 1.29 is 13.9 Å². The number of para-hydroxylation sites is 3. The van der Waals surface area contributed by atoms with Crippen LogP contribution in [-0.4, -0.2) is 33.4 Å². The number of nitrogens with zero attached hydrogens (tertiary/aromatic N) is 3. The van der Waals surface area contributed by atoms with E-state index in [1.165, 1.54) is 12.1 Å². The van der Waals surface area contributed by atoms with E-state index in [1.807, 2.05) is 53.4 Å². The molecule has 168 valence electrons. The molecule has 1 fully saturated rings. The average molecular weight is 444 g/mol. The van der Waals surface area contributed by atoms with Crippen LogP contribution in [0.1, 0.15) is 29.0 Å². The maximum atomic E-state index is 13.2. The van der Waals surface area contributed by atoms with Gasteiger partial charge in [0.2, 0.25) is 0 Å². The number of piperidine rings is 1. The largest absolute Gasteiger partial charge is 0.486 e. The lowest BCUT2D eigenvalue weighted by atomic mass is 9.96. The molecule has 2 heterocycles. The molecule has 0 unspecified atom stereocenters. The van der Waals surface area contributed by atoms with Crippen molar-refractivity contribution in [2.24, 2.45) is 5.92 Å². The predicted octanol–water partition coefficient (Wildman–Crippen LogP) is 5.31. The van der Waals surface area contributed by atoms with Gasteiger partial charge in [-0.2, -0.15) is 0 Å². The van der Waals surface area contributed by atoms with Gasteiger partial charge in [0.1, 0.15) is 24.0 Å². The Labute approximate surface area is 192 Å². The van der Waals surface area contributed by atoms with Gasteiger partial charge in [0.05, 0.1) is 11.0 Å². The normalized spacial score (nSPS) is 14.5. The summed E-state index contributed by atoms with van der Waals surface area (Å²) in [6.45, 7) is 2.64. The Morgan fingerprint density at radius 2 is 1.64 bits per heavy atom. The first-order valence-corrected chi connectivity index (χ1v) is 11.3. The van der Waals surface area contributed by atoms with E-state index in [2.05, 4.69) is 10.6 Å². The number of halogens is 1. The number of ether oxygens (including phenoxy) is 1. The summed E-state index contributed by atoms with van der Waals surface area (Å²) < 4.78 is 21.4. The van der Waals surface area contributed by atoms with Crippen molar-refractivity contribution in [2.75, 3.05) is 13.1 Å². The summed E-state index contributed by atoms with van der Waals surface area (Å²) in [6, 6.07) is 23.7. The van der Waals surface area contributed by atoms with Crippen LogP contribution in [0.15, 0.2) is 78.9 Å². The first kappa shape index (κ1) is 21.2. The fourth-order valence-corrected chi connectivity index (χ4v) is 4.46. The van der Waals surface area contributed by atoms with Crippen LogP contribution < -0.4 is 4.74 Å². The van der Waals surface area contributed by atoms with Gasteiger partial charge in [-0.1, -0.05) is 30.3 Å². The number of aromatic nitrogens is 2. The Balaban J connectivity index is 1.27. The zero-order chi connectivity index (χ0) is 22.6. The smallest absolute Gasteiger partial charge is 0.253 e. The number of imidazole rings is 1. The molecule has 6 heteroatoms. The van der Waals surface area contributed by atoms with Gasteiger partial charge in [0.25, 0.3) is 5.91 Å². The minimum Gasteiger partial charge on any atom is -0.486 e. The van der Waals surface area contributed by atoms with Gasteiger partial charge in [-0.05, 0) is 67.3 Å². The van der Waals surface area contributed by atoms with Crippen LogP contribution in [0.4, 0.5) is 4.39 Å². The first-order valence-electron chi connectivity index (χ1n) is 11.3. The lowest BCUT2D eigenvalue weighted by Gasteiger charge is -2.32. The summed E-state index contributed by atoms with van der Waals surface area (Å²) in [7, 11) is 0. The highest BCUT2D eigenvalue weighted by Crippen LogP contribution is 2.25. The summed E-state index contributed by atoms with van der Waals surface area (Å²) >= 11 is 0. The van der Waals surface area contributed by atoms with E-state index in [-0.39, 0.29) is 11.7 Å². The number of hydrogen-bond donors (Lipinski definition) is 0. The van der Waals surface area contributed by atoms with Gasteiger partial charge < -0.3 is 14.2 Å². The Bertz CT molecular complexity index is 1230. The second-order valence-corrected chi connectivity index (χ2v) is 8.47. The van der Waals surface area contributed by atoms with Crippen LogP contribution in [0.5, 0.6) is 5.75 Å². The number of benzene rings is 3. The second kappa shape index (κ2) is 9.45. The lowest BCUT2D eigenvalue weighted by molar-refractivity contribution is 0.0682. The summed E-state index contributed by atoms with van der Waals surface area (Å²) in [4.78, 5) is 19.5.